The van der Waals surface area contributed by atoms with E-state index in [1.807, 2.05) is 44.3 Å². The lowest BCUT2D eigenvalue weighted by Crippen LogP contribution is -2.12. The maximum Gasteiger partial charge on any atom is 0.292 e. The molecule has 0 fully saturated rings. The summed E-state index contributed by atoms with van der Waals surface area (Å²) < 4.78 is 19.2. The minimum Gasteiger partial charge on any atom is -0.494 e. The van der Waals surface area contributed by atoms with Gasteiger partial charge >= 0.3 is 0 Å². The minimum atomic E-state index is -0.386. The topological polar surface area (TPSA) is 78.5 Å². The van der Waals surface area contributed by atoms with Crippen molar-refractivity contribution in [2.24, 2.45) is 0 Å². The normalized spacial score (nSPS) is 10.8. The van der Waals surface area contributed by atoms with Crippen LogP contribution in [0.2, 0.25) is 0 Å². The van der Waals surface area contributed by atoms with E-state index in [1.54, 1.807) is 16.8 Å². The molecule has 0 saturated carbocycles. The van der Waals surface area contributed by atoms with Crippen molar-refractivity contribution >= 4 is 27.7 Å². The van der Waals surface area contributed by atoms with Crippen molar-refractivity contribution < 1.29 is 18.7 Å². The molecule has 0 bridgehead atoms. The number of hydrogen-bond donors (Lipinski definition) is 1. The van der Waals surface area contributed by atoms with Gasteiger partial charge in [0.1, 0.15) is 23.9 Å². The number of amides is 1. The Kier molecular flexibility index (Phi) is 7.14. The first-order valence-corrected chi connectivity index (χ1v) is 11.3. The Bertz CT molecular complexity index is 1210. The Morgan fingerprint density at radius 1 is 1.03 bits per heavy atom. The van der Waals surface area contributed by atoms with E-state index in [9.17, 15) is 4.79 Å². The van der Waals surface area contributed by atoms with Crippen LogP contribution in [-0.4, -0.2) is 22.3 Å². The highest BCUT2D eigenvalue weighted by molar-refractivity contribution is 9.10. The molecule has 2 heterocycles. The van der Waals surface area contributed by atoms with Gasteiger partial charge in [0.2, 0.25) is 0 Å². The van der Waals surface area contributed by atoms with Gasteiger partial charge in [0.15, 0.2) is 11.6 Å². The van der Waals surface area contributed by atoms with Gasteiger partial charge in [-0.2, -0.15) is 5.10 Å². The van der Waals surface area contributed by atoms with Crippen LogP contribution in [0.5, 0.6) is 11.5 Å². The third-order valence-electron chi connectivity index (χ3n) is 4.82. The number of benzene rings is 2. The number of ether oxygens (including phenoxy) is 2. The van der Waals surface area contributed by atoms with E-state index in [0.717, 1.165) is 11.3 Å². The number of anilines is 1. The third kappa shape index (κ3) is 6.04. The Morgan fingerprint density at radius 3 is 2.42 bits per heavy atom. The molecule has 0 saturated heterocycles. The van der Waals surface area contributed by atoms with Crippen molar-refractivity contribution in [1.82, 2.24) is 9.78 Å². The summed E-state index contributed by atoms with van der Waals surface area (Å²) in [6.45, 7) is 5.40. The number of aryl methyl sites for hydroxylation is 1. The zero-order valence-corrected chi connectivity index (χ0v) is 20.0. The lowest BCUT2D eigenvalue weighted by atomic mass is 10.1. The van der Waals surface area contributed by atoms with E-state index in [2.05, 4.69) is 50.6 Å². The second-order valence-corrected chi connectivity index (χ2v) is 8.28. The molecule has 1 amide bonds. The van der Waals surface area contributed by atoms with Crippen molar-refractivity contribution in [3.8, 4) is 11.5 Å². The summed E-state index contributed by atoms with van der Waals surface area (Å²) in [5, 5.41) is 7.24. The molecular weight excluding hydrogens is 486 g/mol. The molecule has 2 aromatic carbocycles. The average Bonchev–Trinajstić information content (AvgIpc) is 3.42. The summed E-state index contributed by atoms with van der Waals surface area (Å²) in [6.07, 6.45) is 1.83. The van der Waals surface area contributed by atoms with Gasteiger partial charge in [0.25, 0.3) is 5.91 Å². The summed E-state index contributed by atoms with van der Waals surface area (Å²) in [7, 11) is 0. The summed E-state index contributed by atoms with van der Waals surface area (Å²) in [5.41, 5.74) is 2.33. The zero-order chi connectivity index (χ0) is 23.2. The van der Waals surface area contributed by atoms with Crippen LogP contribution in [0.1, 0.15) is 34.4 Å². The van der Waals surface area contributed by atoms with Crippen molar-refractivity contribution in [2.45, 2.75) is 27.0 Å². The molecule has 0 unspecified atom stereocenters. The van der Waals surface area contributed by atoms with E-state index in [1.165, 1.54) is 5.56 Å². The first kappa shape index (κ1) is 22.7. The lowest BCUT2D eigenvalue weighted by molar-refractivity contribution is 0.0992. The lowest BCUT2D eigenvalue weighted by Gasteiger charge is -2.06. The van der Waals surface area contributed by atoms with E-state index in [-0.39, 0.29) is 18.3 Å². The number of halogens is 1. The fourth-order valence-corrected chi connectivity index (χ4v) is 3.56. The molecule has 33 heavy (non-hydrogen) atoms. The number of carbonyl (C=O) groups is 1. The fraction of sp³-hybridized carbons (Fsp3) is 0.200. The van der Waals surface area contributed by atoms with Gasteiger partial charge in [0.05, 0.1) is 17.6 Å². The van der Waals surface area contributed by atoms with Crippen LogP contribution >= 0.6 is 15.9 Å². The third-order valence-corrected chi connectivity index (χ3v) is 5.40. The largest absolute Gasteiger partial charge is 0.494 e. The van der Waals surface area contributed by atoms with Gasteiger partial charge in [-0.15, -0.1) is 0 Å². The van der Waals surface area contributed by atoms with Crippen LogP contribution in [0.4, 0.5) is 5.82 Å². The van der Waals surface area contributed by atoms with E-state index >= 15 is 0 Å². The number of hydrogen-bond acceptors (Lipinski definition) is 5. The summed E-state index contributed by atoms with van der Waals surface area (Å²) in [5.74, 6) is 2.23. The molecule has 0 aliphatic rings. The maximum absolute atomic E-state index is 12.6. The average molecular weight is 510 g/mol. The van der Waals surface area contributed by atoms with E-state index < -0.39 is 0 Å². The molecule has 2 aromatic heterocycles. The molecule has 7 nitrogen and oxygen atoms in total. The highest BCUT2D eigenvalue weighted by atomic mass is 79.9. The van der Waals surface area contributed by atoms with Gasteiger partial charge in [0, 0.05) is 6.20 Å². The second-order valence-electron chi connectivity index (χ2n) is 7.42. The Labute approximate surface area is 200 Å². The SMILES string of the molecule is CCOc1ccc(OCc2ccc(C(=O)Nc3nn(Cc4ccc(C)cc4)cc3Br)o2)cc1. The number of aromatic nitrogens is 2. The first-order valence-electron chi connectivity index (χ1n) is 10.5. The minimum absolute atomic E-state index is 0.181. The highest BCUT2D eigenvalue weighted by Gasteiger charge is 2.16. The number of nitrogens with zero attached hydrogens (tertiary/aromatic N) is 2. The van der Waals surface area contributed by atoms with Gasteiger partial charge in [-0.3, -0.25) is 9.48 Å². The number of rotatable bonds is 9. The maximum atomic E-state index is 12.6. The van der Waals surface area contributed by atoms with Crippen LogP contribution < -0.4 is 14.8 Å². The van der Waals surface area contributed by atoms with E-state index in [0.29, 0.717) is 35.0 Å². The van der Waals surface area contributed by atoms with Crippen LogP contribution in [0.15, 0.2) is 75.8 Å². The predicted octanol–water partition coefficient (Wildman–Crippen LogP) is 5.83. The molecule has 0 radical (unpaired) electrons. The van der Waals surface area contributed by atoms with Gasteiger partial charge in [-0.1, -0.05) is 29.8 Å². The smallest absolute Gasteiger partial charge is 0.292 e. The Balaban J connectivity index is 1.33. The van der Waals surface area contributed by atoms with Crippen molar-refractivity contribution in [1.29, 1.82) is 0 Å². The van der Waals surface area contributed by atoms with Crippen LogP contribution in [0, 0.1) is 6.92 Å². The van der Waals surface area contributed by atoms with Crippen molar-refractivity contribution in [3.63, 3.8) is 0 Å². The Morgan fingerprint density at radius 2 is 1.73 bits per heavy atom. The zero-order valence-electron chi connectivity index (χ0n) is 18.4. The molecule has 0 aliphatic carbocycles. The molecular formula is C25H24BrN3O4. The second kappa shape index (κ2) is 10.4. The predicted molar refractivity (Wildman–Crippen MR) is 129 cm³/mol. The monoisotopic (exact) mass is 509 g/mol. The van der Waals surface area contributed by atoms with Gasteiger partial charge in [-0.25, -0.2) is 0 Å². The van der Waals surface area contributed by atoms with Crippen molar-refractivity contribution in [3.05, 3.63) is 94.0 Å². The quantitative estimate of drug-likeness (QED) is 0.307. The number of nitrogens with one attached hydrogen (secondary N) is 1. The van der Waals surface area contributed by atoms with Gasteiger partial charge in [-0.05, 0) is 71.7 Å². The molecule has 0 spiro atoms. The number of furan rings is 1. The van der Waals surface area contributed by atoms with Crippen LogP contribution in [0.25, 0.3) is 0 Å². The summed E-state index contributed by atoms with van der Waals surface area (Å²) >= 11 is 3.46. The number of carbonyl (C=O) groups excluding carboxylic acids is 1. The van der Waals surface area contributed by atoms with E-state index in [4.69, 9.17) is 13.9 Å². The van der Waals surface area contributed by atoms with Gasteiger partial charge < -0.3 is 19.2 Å². The van der Waals surface area contributed by atoms with Crippen LogP contribution in [-0.2, 0) is 13.2 Å². The highest BCUT2D eigenvalue weighted by Crippen LogP contribution is 2.23. The summed E-state index contributed by atoms with van der Waals surface area (Å²) in [4.78, 5) is 12.6. The molecule has 0 atom stereocenters. The fourth-order valence-electron chi connectivity index (χ4n) is 3.14. The molecule has 8 heteroatoms. The Hall–Kier alpha value is -3.52. The van der Waals surface area contributed by atoms with Crippen molar-refractivity contribution in [2.75, 3.05) is 11.9 Å². The molecule has 4 rings (SSSR count). The first-order chi connectivity index (χ1) is 16.0. The molecule has 170 valence electrons. The standard InChI is InChI=1S/C25H24BrN3O4/c1-3-31-19-8-10-20(11-9-19)32-16-21-12-13-23(33-21)25(30)27-24-22(26)15-29(28-24)14-18-6-4-17(2)5-7-18/h4-13,15H,3,14,16H2,1-2H3,(H,27,28,30). The molecule has 1 N–H and O–H groups in total. The van der Waals surface area contributed by atoms with Crippen LogP contribution in [0.3, 0.4) is 0 Å². The molecule has 0 aliphatic heterocycles. The molecule has 4 aromatic rings. The summed E-state index contributed by atoms with van der Waals surface area (Å²) in [6, 6.07) is 18.9.